The third kappa shape index (κ3) is 4.71. The number of carbonyl (C=O) groups excluding carboxylic acids is 2. The SMILES string of the molecule is C[C@H](NC(=O)[C@H](C)N1CCN(C(=O)c2cccnc2)CC1)c1ccccc1. The van der Waals surface area contributed by atoms with Crippen LogP contribution < -0.4 is 5.32 Å². The molecule has 1 fully saturated rings. The second kappa shape index (κ2) is 8.77. The number of nitrogens with zero attached hydrogens (tertiary/aromatic N) is 3. The number of benzene rings is 1. The van der Waals surface area contributed by atoms with Crippen LogP contribution in [-0.2, 0) is 4.79 Å². The molecule has 27 heavy (non-hydrogen) atoms. The molecule has 3 rings (SSSR count). The lowest BCUT2D eigenvalue weighted by Gasteiger charge is -2.37. The predicted molar refractivity (Wildman–Crippen MR) is 104 cm³/mol. The highest BCUT2D eigenvalue weighted by Gasteiger charge is 2.28. The zero-order valence-corrected chi connectivity index (χ0v) is 15.8. The number of rotatable bonds is 5. The minimum Gasteiger partial charge on any atom is -0.348 e. The number of piperazine rings is 1. The van der Waals surface area contributed by atoms with E-state index in [0.717, 1.165) is 5.56 Å². The van der Waals surface area contributed by atoms with E-state index in [1.165, 1.54) is 0 Å². The third-order valence-corrected chi connectivity index (χ3v) is 5.10. The van der Waals surface area contributed by atoms with E-state index in [2.05, 4.69) is 15.2 Å². The molecule has 2 aromatic rings. The number of carbonyl (C=O) groups is 2. The smallest absolute Gasteiger partial charge is 0.255 e. The summed E-state index contributed by atoms with van der Waals surface area (Å²) in [6.07, 6.45) is 3.25. The molecule has 6 heteroatoms. The minimum atomic E-state index is -0.230. The van der Waals surface area contributed by atoms with Crippen molar-refractivity contribution in [3.63, 3.8) is 0 Å². The Bertz CT molecular complexity index is 758. The molecular formula is C21H26N4O2. The summed E-state index contributed by atoms with van der Waals surface area (Å²) in [5.41, 5.74) is 1.69. The molecule has 6 nitrogen and oxygen atoms in total. The molecule has 142 valence electrons. The number of amides is 2. The van der Waals surface area contributed by atoms with Gasteiger partial charge in [-0.3, -0.25) is 19.5 Å². The van der Waals surface area contributed by atoms with Crippen LogP contribution in [0.1, 0.15) is 35.8 Å². The van der Waals surface area contributed by atoms with Crippen LogP contribution in [0.5, 0.6) is 0 Å². The monoisotopic (exact) mass is 366 g/mol. The quantitative estimate of drug-likeness (QED) is 0.880. The average Bonchev–Trinajstić information content (AvgIpc) is 2.74. The van der Waals surface area contributed by atoms with E-state index in [0.29, 0.717) is 31.7 Å². The van der Waals surface area contributed by atoms with Crippen LogP contribution in [0.25, 0.3) is 0 Å². The Morgan fingerprint density at radius 2 is 1.70 bits per heavy atom. The Morgan fingerprint density at radius 1 is 1.00 bits per heavy atom. The van der Waals surface area contributed by atoms with Crippen LogP contribution in [0, 0.1) is 0 Å². The average molecular weight is 366 g/mol. The maximum Gasteiger partial charge on any atom is 0.255 e. The van der Waals surface area contributed by atoms with Crippen molar-refractivity contribution in [3.8, 4) is 0 Å². The lowest BCUT2D eigenvalue weighted by molar-refractivity contribution is -0.127. The second-order valence-electron chi connectivity index (χ2n) is 6.89. The first kappa shape index (κ1) is 19.0. The molecule has 0 saturated carbocycles. The molecule has 1 aromatic carbocycles. The van der Waals surface area contributed by atoms with E-state index in [1.807, 2.05) is 49.1 Å². The van der Waals surface area contributed by atoms with Gasteiger partial charge in [0.05, 0.1) is 17.6 Å². The zero-order chi connectivity index (χ0) is 19.2. The summed E-state index contributed by atoms with van der Waals surface area (Å²) < 4.78 is 0. The molecular weight excluding hydrogens is 340 g/mol. The van der Waals surface area contributed by atoms with Crippen molar-refractivity contribution >= 4 is 11.8 Å². The summed E-state index contributed by atoms with van der Waals surface area (Å²) in [6.45, 7) is 6.50. The molecule has 0 bridgehead atoms. The van der Waals surface area contributed by atoms with Gasteiger partial charge in [0.1, 0.15) is 0 Å². The van der Waals surface area contributed by atoms with Crippen molar-refractivity contribution < 1.29 is 9.59 Å². The van der Waals surface area contributed by atoms with Gasteiger partial charge in [-0.05, 0) is 31.5 Å². The third-order valence-electron chi connectivity index (χ3n) is 5.10. The van der Waals surface area contributed by atoms with E-state index in [4.69, 9.17) is 0 Å². The molecule has 1 aliphatic heterocycles. The van der Waals surface area contributed by atoms with Gasteiger partial charge < -0.3 is 10.2 Å². The van der Waals surface area contributed by atoms with Crippen LogP contribution in [0.2, 0.25) is 0 Å². The van der Waals surface area contributed by atoms with E-state index in [-0.39, 0.29) is 23.9 Å². The Labute approximate surface area is 160 Å². The Morgan fingerprint density at radius 3 is 2.33 bits per heavy atom. The van der Waals surface area contributed by atoms with Gasteiger partial charge in [-0.2, -0.15) is 0 Å². The van der Waals surface area contributed by atoms with E-state index in [1.54, 1.807) is 24.5 Å². The van der Waals surface area contributed by atoms with Crippen LogP contribution in [-0.4, -0.2) is 58.8 Å². The first-order chi connectivity index (χ1) is 13.1. The number of nitrogens with one attached hydrogen (secondary N) is 1. The summed E-state index contributed by atoms with van der Waals surface area (Å²) >= 11 is 0. The van der Waals surface area contributed by atoms with Gasteiger partial charge in [0, 0.05) is 38.6 Å². The van der Waals surface area contributed by atoms with Gasteiger partial charge in [-0.25, -0.2) is 0 Å². The molecule has 0 spiro atoms. The lowest BCUT2D eigenvalue weighted by atomic mass is 10.1. The van der Waals surface area contributed by atoms with Crippen LogP contribution >= 0.6 is 0 Å². The largest absolute Gasteiger partial charge is 0.348 e. The molecule has 2 heterocycles. The van der Waals surface area contributed by atoms with Crippen molar-refractivity contribution in [2.45, 2.75) is 25.9 Å². The molecule has 1 aliphatic rings. The van der Waals surface area contributed by atoms with Crippen LogP contribution in [0.4, 0.5) is 0 Å². The van der Waals surface area contributed by atoms with Gasteiger partial charge in [0.2, 0.25) is 5.91 Å². The Balaban J connectivity index is 1.51. The Kier molecular flexibility index (Phi) is 6.19. The fraction of sp³-hybridized carbons (Fsp3) is 0.381. The van der Waals surface area contributed by atoms with Crippen LogP contribution in [0.3, 0.4) is 0 Å². The molecule has 2 atom stereocenters. The van der Waals surface area contributed by atoms with Gasteiger partial charge in [-0.1, -0.05) is 30.3 Å². The molecule has 2 amide bonds. The number of aromatic nitrogens is 1. The molecule has 0 aliphatic carbocycles. The van der Waals surface area contributed by atoms with Gasteiger partial charge >= 0.3 is 0 Å². The van der Waals surface area contributed by atoms with Crippen molar-refractivity contribution in [3.05, 3.63) is 66.0 Å². The highest BCUT2D eigenvalue weighted by Crippen LogP contribution is 2.14. The standard InChI is InChI=1S/C21H26N4O2/c1-16(18-7-4-3-5-8-18)23-20(26)17(2)24-11-13-25(14-12-24)21(27)19-9-6-10-22-15-19/h3-10,15-17H,11-14H2,1-2H3,(H,23,26)/t16-,17-/m0/s1. The van der Waals surface area contributed by atoms with Crippen molar-refractivity contribution in [1.82, 2.24) is 20.1 Å². The van der Waals surface area contributed by atoms with Gasteiger partial charge in [-0.15, -0.1) is 0 Å². The van der Waals surface area contributed by atoms with Gasteiger partial charge in [0.25, 0.3) is 5.91 Å². The van der Waals surface area contributed by atoms with E-state index in [9.17, 15) is 9.59 Å². The summed E-state index contributed by atoms with van der Waals surface area (Å²) in [7, 11) is 0. The predicted octanol–water partition coefficient (Wildman–Crippen LogP) is 2.11. The molecule has 0 unspecified atom stereocenters. The summed E-state index contributed by atoms with van der Waals surface area (Å²) in [5, 5.41) is 3.08. The lowest BCUT2D eigenvalue weighted by Crippen LogP contribution is -2.55. The van der Waals surface area contributed by atoms with E-state index < -0.39 is 0 Å². The first-order valence-corrected chi connectivity index (χ1v) is 9.35. The molecule has 0 radical (unpaired) electrons. The summed E-state index contributed by atoms with van der Waals surface area (Å²) in [5.74, 6) is 0.0101. The van der Waals surface area contributed by atoms with E-state index >= 15 is 0 Å². The fourth-order valence-corrected chi connectivity index (χ4v) is 3.31. The first-order valence-electron chi connectivity index (χ1n) is 9.35. The molecule has 1 aromatic heterocycles. The normalized spacial score (nSPS) is 17.2. The number of hydrogen-bond donors (Lipinski definition) is 1. The number of pyridine rings is 1. The van der Waals surface area contributed by atoms with Crippen molar-refractivity contribution in [1.29, 1.82) is 0 Å². The Hall–Kier alpha value is -2.73. The van der Waals surface area contributed by atoms with Crippen LogP contribution in [0.15, 0.2) is 54.9 Å². The maximum absolute atomic E-state index is 12.6. The topological polar surface area (TPSA) is 65.5 Å². The van der Waals surface area contributed by atoms with Crippen molar-refractivity contribution in [2.24, 2.45) is 0 Å². The van der Waals surface area contributed by atoms with Crippen molar-refractivity contribution in [2.75, 3.05) is 26.2 Å². The highest BCUT2D eigenvalue weighted by atomic mass is 16.2. The summed E-state index contributed by atoms with van der Waals surface area (Å²) in [4.78, 5) is 33.1. The second-order valence-corrected chi connectivity index (χ2v) is 6.89. The fourth-order valence-electron chi connectivity index (χ4n) is 3.31. The molecule has 1 N–H and O–H groups in total. The highest BCUT2D eigenvalue weighted by molar-refractivity contribution is 5.94. The van der Waals surface area contributed by atoms with Gasteiger partial charge in [0.15, 0.2) is 0 Å². The minimum absolute atomic E-state index is 0.00226. The zero-order valence-electron chi connectivity index (χ0n) is 15.8. The molecule has 1 saturated heterocycles. The summed E-state index contributed by atoms with van der Waals surface area (Å²) in [6, 6.07) is 13.2. The number of hydrogen-bond acceptors (Lipinski definition) is 4. The maximum atomic E-state index is 12.6.